The first-order valence-electron chi connectivity index (χ1n) is 12.4. The Balaban J connectivity index is 1.45. The van der Waals surface area contributed by atoms with Gasteiger partial charge in [-0.2, -0.15) is 0 Å². The Morgan fingerprint density at radius 3 is 2.17 bits per heavy atom. The van der Waals surface area contributed by atoms with E-state index in [9.17, 15) is 0 Å². The minimum atomic E-state index is 0.0461. The van der Waals surface area contributed by atoms with Gasteiger partial charge in [0, 0.05) is 16.3 Å². The van der Waals surface area contributed by atoms with E-state index in [0.717, 1.165) is 38.9 Å². The van der Waals surface area contributed by atoms with Gasteiger partial charge in [-0.05, 0) is 65.4 Å². The van der Waals surface area contributed by atoms with Crippen LogP contribution in [0.3, 0.4) is 0 Å². The Kier molecular flexibility index (Phi) is 4.68. The quantitative estimate of drug-likeness (QED) is 0.257. The summed E-state index contributed by atoms with van der Waals surface area (Å²) in [6, 6.07) is 38.5. The van der Waals surface area contributed by atoms with Crippen LogP contribution in [-0.4, -0.2) is 5.71 Å². The monoisotopic (exact) mass is 463 g/mol. The van der Waals surface area contributed by atoms with E-state index in [1.807, 2.05) is 12.1 Å². The number of fused-ring (bicyclic) bond motifs is 4. The van der Waals surface area contributed by atoms with Crippen LogP contribution in [0.2, 0.25) is 0 Å². The summed E-state index contributed by atoms with van der Waals surface area (Å²) in [5.74, 6) is 0.0461. The third-order valence-electron chi connectivity index (χ3n) is 7.43. The van der Waals surface area contributed by atoms with E-state index in [1.54, 1.807) is 0 Å². The molecule has 1 aliphatic heterocycles. The van der Waals surface area contributed by atoms with Crippen molar-refractivity contribution >= 4 is 33.3 Å². The van der Waals surface area contributed by atoms with Gasteiger partial charge in [0.1, 0.15) is 11.2 Å². The number of nitrogens with zero attached hydrogens (tertiary/aromatic N) is 1. The molecule has 0 saturated heterocycles. The van der Waals surface area contributed by atoms with Gasteiger partial charge in [-0.1, -0.05) is 91.0 Å². The second-order valence-electron chi connectivity index (χ2n) is 9.66. The Bertz CT molecular complexity index is 1780. The summed E-state index contributed by atoms with van der Waals surface area (Å²) in [6.07, 6.45) is 0. The number of hydrogen-bond acceptors (Lipinski definition) is 2. The largest absolute Gasteiger partial charge is 0.455 e. The third kappa shape index (κ3) is 3.15. The van der Waals surface area contributed by atoms with Gasteiger partial charge in [0.15, 0.2) is 0 Å². The number of aryl methyl sites for hydroxylation is 2. The minimum absolute atomic E-state index is 0.0461. The highest BCUT2D eigenvalue weighted by Gasteiger charge is 2.33. The van der Waals surface area contributed by atoms with Crippen LogP contribution in [0.1, 0.15) is 33.7 Å². The molecule has 1 aromatic heterocycles. The number of hydrogen-bond donors (Lipinski definition) is 0. The molecule has 2 heterocycles. The number of aliphatic imine (C=N–C) groups is 1. The maximum atomic E-state index is 6.44. The van der Waals surface area contributed by atoms with E-state index < -0.39 is 0 Å². The molecule has 7 rings (SSSR count). The van der Waals surface area contributed by atoms with Gasteiger partial charge in [0.2, 0.25) is 0 Å². The zero-order valence-electron chi connectivity index (χ0n) is 20.3. The van der Waals surface area contributed by atoms with Crippen molar-refractivity contribution < 1.29 is 4.42 Å². The molecule has 5 aromatic carbocycles. The van der Waals surface area contributed by atoms with Gasteiger partial charge >= 0.3 is 0 Å². The van der Waals surface area contributed by atoms with E-state index in [4.69, 9.17) is 9.41 Å². The van der Waals surface area contributed by atoms with Crippen molar-refractivity contribution in [3.63, 3.8) is 0 Å². The van der Waals surface area contributed by atoms with Crippen LogP contribution in [0.5, 0.6) is 0 Å². The molecule has 1 atom stereocenters. The highest BCUT2D eigenvalue weighted by molar-refractivity contribution is 6.20. The van der Waals surface area contributed by atoms with E-state index in [0.29, 0.717) is 0 Å². The van der Waals surface area contributed by atoms with Crippen molar-refractivity contribution in [2.45, 2.75) is 19.8 Å². The highest BCUT2D eigenvalue weighted by Crippen LogP contribution is 2.46. The van der Waals surface area contributed by atoms with Crippen molar-refractivity contribution in [3.8, 4) is 11.1 Å². The van der Waals surface area contributed by atoms with Gasteiger partial charge in [-0.3, -0.25) is 4.99 Å². The summed E-state index contributed by atoms with van der Waals surface area (Å²) < 4.78 is 6.44. The van der Waals surface area contributed by atoms with Gasteiger partial charge in [0.05, 0.1) is 17.3 Å². The topological polar surface area (TPSA) is 25.5 Å². The summed E-state index contributed by atoms with van der Waals surface area (Å²) in [4.78, 5) is 5.22. The Morgan fingerprint density at radius 1 is 0.639 bits per heavy atom. The number of furan rings is 1. The van der Waals surface area contributed by atoms with Gasteiger partial charge in [-0.15, -0.1) is 0 Å². The van der Waals surface area contributed by atoms with E-state index in [2.05, 4.69) is 111 Å². The number of rotatable bonds is 3. The molecule has 2 nitrogen and oxygen atoms in total. The Morgan fingerprint density at radius 2 is 1.33 bits per heavy atom. The smallest absolute Gasteiger partial charge is 0.144 e. The number of benzene rings is 5. The molecule has 6 aromatic rings. The standard InChI is InChI=1S/C34H25NO/c1-21-19-24(23-11-4-3-5-12-23)20-22(2)31(21)32-27-14-6-8-17-29(27)35-33(32)28-16-10-15-26-25-13-7-9-18-30(25)36-34(26)28/h3-20,32H,1-2H3. The fraction of sp³-hybridized carbons (Fsp3) is 0.0882. The van der Waals surface area contributed by atoms with E-state index in [1.165, 1.54) is 33.4 Å². The molecular weight excluding hydrogens is 438 g/mol. The van der Waals surface area contributed by atoms with Crippen LogP contribution < -0.4 is 0 Å². The van der Waals surface area contributed by atoms with E-state index in [-0.39, 0.29) is 5.92 Å². The van der Waals surface area contributed by atoms with E-state index >= 15 is 0 Å². The van der Waals surface area contributed by atoms with Crippen molar-refractivity contribution in [2.24, 2.45) is 4.99 Å². The summed E-state index contributed by atoms with van der Waals surface area (Å²) >= 11 is 0. The lowest BCUT2D eigenvalue weighted by atomic mass is 9.80. The van der Waals surface area contributed by atoms with Crippen molar-refractivity contribution in [1.82, 2.24) is 0 Å². The Hall–Kier alpha value is -4.43. The summed E-state index contributed by atoms with van der Waals surface area (Å²) in [5, 5.41) is 2.27. The fourth-order valence-electron chi connectivity index (χ4n) is 5.86. The molecule has 0 N–H and O–H groups in total. The first-order chi connectivity index (χ1) is 17.7. The number of para-hydroxylation sites is 3. The summed E-state index contributed by atoms with van der Waals surface area (Å²) in [6.45, 7) is 4.46. The molecular formula is C34H25NO. The van der Waals surface area contributed by atoms with Crippen LogP contribution in [-0.2, 0) is 0 Å². The van der Waals surface area contributed by atoms with Gasteiger partial charge in [0.25, 0.3) is 0 Å². The lowest BCUT2D eigenvalue weighted by Crippen LogP contribution is -2.15. The molecule has 0 bridgehead atoms. The predicted molar refractivity (Wildman–Crippen MR) is 150 cm³/mol. The maximum absolute atomic E-state index is 6.44. The van der Waals surface area contributed by atoms with Crippen molar-refractivity contribution in [1.29, 1.82) is 0 Å². The summed E-state index contributed by atoms with van der Waals surface area (Å²) in [5.41, 5.74) is 12.6. The molecule has 172 valence electrons. The average molecular weight is 464 g/mol. The molecule has 1 unspecified atom stereocenters. The van der Waals surface area contributed by atoms with Crippen LogP contribution in [0.15, 0.2) is 119 Å². The zero-order chi connectivity index (χ0) is 24.2. The average Bonchev–Trinajstić information content (AvgIpc) is 3.48. The molecule has 0 aliphatic carbocycles. The molecule has 1 aliphatic rings. The highest BCUT2D eigenvalue weighted by atomic mass is 16.3. The first-order valence-corrected chi connectivity index (χ1v) is 12.4. The zero-order valence-corrected chi connectivity index (χ0v) is 20.3. The molecule has 2 heteroatoms. The molecule has 36 heavy (non-hydrogen) atoms. The Labute approximate surface area is 210 Å². The van der Waals surface area contributed by atoms with Crippen molar-refractivity contribution in [2.75, 3.05) is 0 Å². The van der Waals surface area contributed by atoms with Crippen LogP contribution >= 0.6 is 0 Å². The second-order valence-corrected chi connectivity index (χ2v) is 9.66. The predicted octanol–water partition coefficient (Wildman–Crippen LogP) is 9.14. The van der Waals surface area contributed by atoms with Crippen LogP contribution in [0.4, 0.5) is 5.69 Å². The lowest BCUT2D eigenvalue weighted by molar-refractivity contribution is 0.668. The van der Waals surface area contributed by atoms with Crippen molar-refractivity contribution in [3.05, 3.63) is 137 Å². The SMILES string of the molecule is Cc1cc(-c2ccccc2)cc(C)c1C1C(c2cccc3c2oc2ccccc23)=Nc2ccccc21. The third-order valence-corrected chi connectivity index (χ3v) is 7.43. The molecule has 0 spiro atoms. The minimum Gasteiger partial charge on any atom is -0.455 e. The second kappa shape index (κ2) is 8.07. The lowest BCUT2D eigenvalue weighted by Gasteiger charge is -2.22. The van der Waals surface area contributed by atoms with Crippen LogP contribution in [0.25, 0.3) is 33.1 Å². The van der Waals surface area contributed by atoms with Crippen LogP contribution in [0, 0.1) is 13.8 Å². The molecule has 0 amide bonds. The normalized spacial score (nSPS) is 14.8. The first kappa shape index (κ1) is 20.9. The van der Waals surface area contributed by atoms with Gasteiger partial charge < -0.3 is 4.42 Å². The van der Waals surface area contributed by atoms with Gasteiger partial charge in [-0.25, -0.2) is 0 Å². The molecule has 0 saturated carbocycles. The maximum Gasteiger partial charge on any atom is 0.144 e. The molecule has 0 fully saturated rings. The fourth-order valence-corrected chi connectivity index (χ4v) is 5.86. The molecule has 0 radical (unpaired) electrons. The summed E-state index contributed by atoms with van der Waals surface area (Å²) in [7, 11) is 0.